The summed E-state index contributed by atoms with van der Waals surface area (Å²) in [6.45, 7) is 6.17. The van der Waals surface area contributed by atoms with E-state index in [1.807, 2.05) is 18.2 Å². The Morgan fingerprint density at radius 1 is 1.08 bits per heavy atom. The van der Waals surface area contributed by atoms with Gasteiger partial charge in [0, 0.05) is 44.5 Å². The number of allylic oxidation sites excluding steroid dienone is 1. The van der Waals surface area contributed by atoms with Gasteiger partial charge in [-0.25, -0.2) is 0 Å². The summed E-state index contributed by atoms with van der Waals surface area (Å²) in [4.78, 5) is 6.00. The van der Waals surface area contributed by atoms with Crippen molar-refractivity contribution in [3.63, 3.8) is 0 Å². The lowest BCUT2D eigenvalue weighted by molar-refractivity contribution is 0.0757. The van der Waals surface area contributed by atoms with Crippen LogP contribution in [0.15, 0.2) is 66.6 Å². The summed E-state index contributed by atoms with van der Waals surface area (Å²) in [6, 6.07) is 14.4. The summed E-state index contributed by atoms with van der Waals surface area (Å²) < 4.78 is 5.41. The van der Waals surface area contributed by atoms with Gasteiger partial charge < -0.3 is 9.64 Å². The average Bonchev–Trinajstić information content (AvgIpc) is 2.65. The number of hydrogen-bond acceptors (Lipinski definition) is 3. The highest BCUT2D eigenvalue weighted by molar-refractivity contribution is 5.49. The Morgan fingerprint density at radius 3 is 2.21 bits per heavy atom. The number of rotatable bonds is 3. The van der Waals surface area contributed by atoms with Gasteiger partial charge in [-0.3, -0.25) is 4.98 Å². The lowest BCUT2D eigenvalue weighted by Gasteiger charge is -2.25. The molecular formula is C21H28N2O. The van der Waals surface area contributed by atoms with Gasteiger partial charge in [-0.1, -0.05) is 29.3 Å². The van der Waals surface area contributed by atoms with Crippen LogP contribution in [-0.4, -0.2) is 25.2 Å². The van der Waals surface area contributed by atoms with E-state index < -0.39 is 0 Å². The quantitative estimate of drug-likeness (QED) is 0.807. The number of ether oxygens (including phenoxy) is 1. The summed E-state index contributed by atoms with van der Waals surface area (Å²) in [5, 5.41) is 0. The van der Waals surface area contributed by atoms with Gasteiger partial charge in [0.05, 0.1) is 0 Å². The van der Waals surface area contributed by atoms with Crippen LogP contribution in [0.3, 0.4) is 0 Å². The van der Waals surface area contributed by atoms with Crippen molar-refractivity contribution in [2.24, 2.45) is 5.92 Å². The molecule has 1 fully saturated rings. The first-order chi connectivity index (χ1) is 11.7. The second-order valence-corrected chi connectivity index (χ2v) is 6.23. The highest BCUT2D eigenvalue weighted by Crippen LogP contribution is 2.24. The first-order valence-corrected chi connectivity index (χ1v) is 8.57. The lowest BCUT2D eigenvalue weighted by atomic mass is 9.93. The summed E-state index contributed by atoms with van der Waals surface area (Å²) in [5.74, 6) is 0.687. The number of aryl methyl sites for hydroxylation is 1. The van der Waals surface area contributed by atoms with Gasteiger partial charge in [-0.15, -0.1) is 0 Å². The molecule has 3 nitrogen and oxygen atoms in total. The highest BCUT2D eigenvalue weighted by atomic mass is 16.5. The van der Waals surface area contributed by atoms with Gasteiger partial charge >= 0.3 is 0 Å². The zero-order valence-electron chi connectivity index (χ0n) is 15.0. The van der Waals surface area contributed by atoms with E-state index in [9.17, 15) is 0 Å². The maximum Gasteiger partial charge on any atom is 0.0471 e. The van der Waals surface area contributed by atoms with Crippen LogP contribution in [0.2, 0.25) is 0 Å². The van der Waals surface area contributed by atoms with Crippen molar-refractivity contribution in [3.8, 4) is 0 Å². The molecule has 0 amide bonds. The molecule has 0 unspecified atom stereocenters. The molecule has 1 aromatic heterocycles. The minimum absolute atomic E-state index is 0.687. The van der Waals surface area contributed by atoms with E-state index in [-0.39, 0.29) is 0 Å². The van der Waals surface area contributed by atoms with E-state index in [4.69, 9.17) is 4.74 Å². The minimum Gasteiger partial charge on any atom is -0.381 e. The predicted molar refractivity (Wildman–Crippen MR) is 101 cm³/mol. The predicted octanol–water partition coefficient (Wildman–Crippen LogP) is 4.84. The first-order valence-electron chi connectivity index (χ1n) is 8.57. The second-order valence-electron chi connectivity index (χ2n) is 6.23. The highest BCUT2D eigenvalue weighted by Gasteiger charge is 2.15. The maximum absolute atomic E-state index is 5.41. The Balaban J connectivity index is 0.000000292. The number of pyridine rings is 1. The Labute approximate surface area is 146 Å². The third kappa shape index (κ3) is 6.17. The Morgan fingerprint density at radius 2 is 1.71 bits per heavy atom. The molecule has 1 aliphatic rings. The molecule has 2 aromatic rings. The van der Waals surface area contributed by atoms with E-state index >= 15 is 0 Å². The largest absolute Gasteiger partial charge is 0.381 e. The van der Waals surface area contributed by atoms with E-state index in [2.05, 4.69) is 61.2 Å². The van der Waals surface area contributed by atoms with Crippen LogP contribution in [0.4, 0.5) is 5.69 Å². The van der Waals surface area contributed by atoms with Gasteiger partial charge in [0.15, 0.2) is 0 Å². The Bertz CT molecular complexity index is 575. The van der Waals surface area contributed by atoms with Gasteiger partial charge in [-0.05, 0) is 56.9 Å². The molecule has 3 rings (SSSR count). The molecule has 24 heavy (non-hydrogen) atoms. The molecule has 0 aliphatic carbocycles. The lowest BCUT2D eigenvalue weighted by Crippen LogP contribution is -2.18. The Kier molecular flexibility index (Phi) is 7.50. The fourth-order valence-corrected chi connectivity index (χ4v) is 2.73. The van der Waals surface area contributed by atoms with E-state index in [1.165, 1.54) is 16.8 Å². The minimum atomic E-state index is 0.687. The number of hydrogen-bond donors (Lipinski definition) is 0. The fraction of sp³-hybridized carbons (Fsp3) is 0.381. The molecule has 1 saturated heterocycles. The van der Waals surface area contributed by atoms with Crippen LogP contribution >= 0.6 is 0 Å². The van der Waals surface area contributed by atoms with Crippen LogP contribution in [0.5, 0.6) is 0 Å². The SMILES string of the molecule is C/C(=C\N(C)c1ccc(C)cc1)C1CCOCC1.c1ccncc1. The zero-order chi connectivity index (χ0) is 17.2. The molecule has 0 atom stereocenters. The van der Waals surface area contributed by atoms with Crippen molar-refractivity contribution in [1.29, 1.82) is 0 Å². The van der Waals surface area contributed by atoms with Gasteiger partial charge in [0.1, 0.15) is 0 Å². The molecule has 3 heteroatoms. The van der Waals surface area contributed by atoms with Gasteiger partial charge in [0.25, 0.3) is 0 Å². The summed E-state index contributed by atoms with van der Waals surface area (Å²) in [6.07, 6.45) is 8.08. The van der Waals surface area contributed by atoms with E-state index in [0.29, 0.717) is 5.92 Å². The van der Waals surface area contributed by atoms with Crippen LogP contribution in [-0.2, 0) is 4.74 Å². The van der Waals surface area contributed by atoms with Crippen LogP contribution in [0.25, 0.3) is 0 Å². The first kappa shape index (κ1) is 18.2. The smallest absolute Gasteiger partial charge is 0.0471 e. The van der Waals surface area contributed by atoms with Gasteiger partial charge in [0.2, 0.25) is 0 Å². The normalized spacial score (nSPS) is 15.4. The van der Waals surface area contributed by atoms with Crippen molar-refractivity contribution < 1.29 is 4.74 Å². The summed E-state index contributed by atoms with van der Waals surface area (Å²) >= 11 is 0. The second kappa shape index (κ2) is 9.89. The molecule has 1 aliphatic heterocycles. The van der Waals surface area contributed by atoms with Crippen molar-refractivity contribution in [2.75, 3.05) is 25.2 Å². The van der Waals surface area contributed by atoms with Crippen molar-refractivity contribution in [2.45, 2.75) is 26.7 Å². The number of nitrogens with zero attached hydrogens (tertiary/aromatic N) is 2. The third-order valence-electron chi connectivity index (χ3n) is 4.27. The zero-order valence-corrected chi connectivity index (χ0v) is 15.0. The number of aromatic nitrogens is 1. The summed E-state index contributed by atoms with van der Waals surface area (Å²) in [5.41, 5.74) is 4.01. The van der Waals surface area contributed by atoms with Crippen molar-refractivity contribution >= 4 is 5.69 Å². The monoisotopic (exact) mass is 324 g/mol. The average molecular weight is 324 g/mol. The molecule has 0 bridgehead atoms. The van der Waals surface area contributed by atoms with Crippen molar-refractivity contribution in [3.05, 3.63) is 72.2 Å². The van der Waals surface area contributed by atoms with E-state index in [1.54, 1.807) is 12.4 Å². The third-order valence-corrected chi connectivity index (χ3v) is 4.27. The van der Waals surface area contributed by atoms with Crippen LogP contribution in [0, 0.1) is 12.8 Å². The standard InChI is InChI=1S/C16H23NO.C5H5N/c1-13-4-6-16(7-5-13)17(3)12-14(2)15-8-10-18-11-9-15;1-2-4-6-5-3-1/h4-7,12,15H,8-11H2,1-3H3;1-5H/b14-12+;. The maximum atomic E-state index is 5.41. The number of benzene rings is 1. The van der Waals surface area contributed by atoms with Crippen LogP contribution < -0.4 is 4.90 Å². The number of anilines is 1. The molecule has 2 heterocycles. The van der Waals surface area contributed by atoms with Crippen molar-refractivity contribution in [1.82, 2.24) is 4.98 Å². The topological polar surface area (TPSA) is 25.4 Å². The molecular weight excluding hydrogens is 296 g/mol. The molecule has 0 N–H and O–H groups in total. The Hall–Kier alpha value is -2.13. The molecule has 128 valence electrons. The molecule has 0 radical (unpaired) electrons. The summed E-state index contributed by atoms with van der Waals surface area (Å²) in [7, 11) is 2.12. The molecule has 0 spiro atoms. The fourth-order valence-electron chi connectivity index (χ4n) is 2.73. The molecule has 1 aromatic carbocycles. The molecule has 0 saturated carbocycles. The van der Waals surface area contributed by atoms with Crippen LogP contribution in [0.1, 0.15) is 25.3 Å². The van der Waals surface area contributed by atoms with E-state index in [0.717, 1.165) is 26.1 Å². The van der Waals surface area contributed by atoms with Gasteiger partial charge in [-0.2, -0.15) is 0 Å².